The smallest absolute Gasteiger partial charge is 0.259 e. The van der Waals surface area contributed by atoms with E-state index in [-0.39, 0.29) is 5.91 Å². The van der Waals surface area contributed by atoms with Crippen LogP contribution in [-0.4, -0.2) is 18.0 Å². The first kappa shape index (κ1) is 15.0. The molecule has 2 aromatic carbocycles. The Kier molecular flexibility index (Phi) is 4.55. The van der Waals surface area contributed by atoms with Crippen molar-refractivity contribution in [2.45, 2.75) is 6.92 Å². The van der Waals surface area contributed by atoms with Crippen molar-refractivity contribution in [2.75, 3.05) is 12.4 Å². The van der Waals surface area contributed by atoms with Crippen LogP contribution in [0.2, 0.25) is 0 Å². The first-order valence-electron chi connectivity index (χ1n) is 6.37. The Morgan fingerprint density at radius 3 is 2.43 bits per heavy atom. The van der Waals surface area contributed by atoms with Crippen LogP contribution in [0.15, 0.2) is 42.5 Å². The molecule has 0 fully saturated rings. The summed E-state index contributed by atoms with van der Waals surface area (Å²) in [7, 11) is 1.54. The van der Waals surface area contributed by atoms with Gasteiger partial charge in [-0.15, -0.1) is 0 Å². The molecule has 0 aromatic heterocycles. The van der Waals surface area contributed by atoms with E-state index >= 15 is 0 Å². The second-order valence-corrected chi connectivity index (χ2v) is 5.04. The summed E-state index contributed by atoms with van der Waals surface area (Å²) in [5.74, 6) is 0.316. The minimum absolute atomic E-state index is 0.223. The molecule has 0 saturated carbocycles. The quantitative estimate of drug-likeness (QED) is 0.852. The van der Waals surface area contributed by atoms with Crippen molar-refractivity contribution < 1.29 is 9.53 Å². The highest BCUT2D eigenvalue weighted by atomic mass is 32.1. The molecule has 21 heavy (non-hydrogen) atoms. The average molecular weight is 300 g/mol. The Bertz CT molecular complexity index is 681. The second-order valence-electron chi connectivity index (χ2n) is 4.60. The van der Waals surface area contributed by atoms with Crippen LogP contribution in [0, 0.1) is 6.92 Å². The number of ether oxygens (including phenoxy) is 1. The number of nitrogens with two attached hydrogens (primary N) is 1. The molecule has 0 unspecified atom stereocenters. The van der Waals surface area contributed by atoms with E-state index in [0.717, 1.165) is 11.1 Å². The fourth-order valence-corrected chi connectivity index (χ4v) is 2.05. The maximum Gasteiger partial charge on any atom is 0.259 e. The normalized spacial score (nSPS) is 10.0. The van der Waals surface area contributed by atoms with Gasteiger partial charge in [0.2, 0.25) is 0 Å². The maximum absolute atomic E-state index is 12.3. The largest absolute Gasteiger partial charge is 0.496 e. The van der Waals surface area contributed by atoms with E-state index in [0.29, 0.717) is 22.0 Å². The van der Waals surface area contributed by atoms with E-state index in [2.05, 4.69) is 5.32 Å². The number of aryl methyl sites for hydroxylation is 1. The van der Waals surface area contributed by atoms with Gasteiger partial charge < -0.3 is 15.8 Å². The van der Waals surface area contributed by atoms with E-state index in [4.69, 9.17) is 22.7 Å². The predicted molar refractivity (Wildman–Crippen MR) is 88.0 cm³/mol. The highest BCUT2D eigenvalue weighted by Crippen LogP contribution is 2.21. The van der Waals surface area contributed by atoms with Crippen molar-refractivity contribution in [1.29, 1.82) is 0 Å². The van der Waals surface area contributed by atoms with Crippen LogP contribution < -0.4 is 15.8 Å². The molecule has 0 radical (unpaired) electrons. The summed E-state index contributed by atoms with van der Waals surface area (Å²) in [6.07, 6.45) is 0. The zero-order valence-electron chi connectivity index (χ0n) is 11.8. The van der Waals surface area contributed by atoms with Gasteiger partial charge in [-0.2, -0.15) is 0 Å². The summed E-state index contributed by atoms with van der Waals surface area (Å²) >= 11 is 4.89. The number of nitrogens with one attached hydrogen (secondary N) is 1. The minimum Gasteiger partial charge on any atom is -0.496 e. The van der Waals surface area contributed by atoms with Crippen molar-refractivity contribution in [2.24, 2.45) is 5.73 Å². The predicted octanol–water partition coefficient (Wildman–Crippen LogP) is 2.89. The van der Waals surface area contributed by atoms with Gasteiger partial charge in [0, 0.05) is 11.3 Å². The lowest BCUT2D eigenvalue weighted by atomic mass is 10.1. The van der Waals surface area contributed by atoms with E-state index < -0.39 is 0 Å². The minimum atomic E-state index is -0.223. The molecule has 0 spiro atoms. The Morgan fingerprint density at radius 1 is 1.19 bits per heavy atom. The molecule has 2 aromatic rings. The molecule has 0 aliphatic rings. The number of carbonyl (C=O) groups is 1. The van der Waals surface area contributed by atoms with Crippen molar-refractivity contribution in [3.63, 3.8) is 0 Å². The third kappa shape index (κ3) is 3.58. The Labute approximate surface area is 128 Å². The van der Waals surface area contributed by atoms with E-state index in [1.165, 1.54) is 0 Å². The van der Waals surface area contributed by atoms with Gasteiger partial charge in [-0.05, 0) is 43.3 Å². The topological polar surface area (TPSA) is 64.3 Å². The van der Waals surface area contributed by atoms with Crippen molar-refractivity contribution in [1.82, 2.24) is 0 Å². The second kappa shape index (κ2) is 6.37. The molecule has 1 amide bonds. The SMILES string of the molecule is COc1ccc(C)cc1C(=O)Nc1ccc(C(N)=S)cc1. The lowest BCUT2D eigenvalue weighted by Crippen LogP contribution is -2.14. The summed E-state index contributed by atoms with van der Waals surface area (Å²) in [6.45, 7) is 1.92. The van der Waals surface area contributed by atoms with Gasteiger partial charge in [-0.3, -0.25) is 4.79 Å². The fourth-order valence-electron chi connectivity index (χ4n) is 1.92. The average Bonchev–Trinajstić information content (AvgIpc) is 2.47. The van der Waals surface area contributed by atoms with Gasteiger partial charge in [0.05, 0.1) is 12.7 Å². The van der Waals surface area contributed by atoms with E-state index in [1.807, 2.05) is 13.0 Å². The van der Waals surface area contributed by atoms with Gasteiger partial charge in [-0.1, -0.05) is 23.8 Å². The first-order chi connectivity index (χ1) is 10.0. The molecule has 0 heterocycles. The van der Waals surface area contributed by atoms with Crippen molar-refractivity contribution in [3.05, 3.63) is 59.2 Å². The molecule has 0 aliphatic heterocycles. The lowest BCUT2D eigenvalue weighted by Gasteiger charge is -2.10. The van der Waals surface area contributed by atoms with Gasteiger partial charge in [0.1, 0.15) is 10.7 Å². The molecule has 0 bridgehead atoms. The van der Waals surface area contributed by atoms with Crippen LogP contribution in [0.1, 0.15) is 21.5 Å². The van der Waals surface area contributed by atoms with Gasteiger partial charge >= 0.3 is 0 Å². The number of hydrogen-bond donors (Lipinski definition) is 2. The monoisotopic (exact) mass is 300 g/mol. The summed E-state index contributed by atoms with van der Waals surface area (Å²) < 4.78 is 5.22. The number of carbonyl (C=O) groups excluding carboxylic acids is 1. The summed E-state index contributed by atoms with van der Waals surface area (Å²) in [5.41, 5.74) is 8.46. The van der Waals surface area contributed by atoms with Crippen LogP contribution >= 0.6 is 12.2 Å². The molecule has 108 valence electrons. The summed E-state index contributed by atoms with van der Waals surface area (Å²) in [6, 6.07) is 12.5. The Balaban J connectivity index is 2.21. The molecule has 0 atom stereocenters. The third-order valence-electron chi connectivity index (χ3n) is 3.03. The first-order valence-corrected chi connectivity index (χ1v) is 6.78. The summed E-state index contributed by atoms with van der Waals surface area (Å²) in [5, 5.41) is 2.82. The Morgan fingerprint density at radius 2 is 1.86 bits per heavy atom. The van der Waals surface area contributed by atoms with Gasteiger partial charge in [0.15, 0.2) is 0 Å². The third-order valence-corrected chi connectivity index (χ3v) is 3.26. The molecule has 4 nitrogen and oxygen atoms in total. The van der Waals surface area contributed by atoms with Crippen LogP contribution in [-0.2, 0) is 0 Å². The standard InChI is InChI=1S/C16H16N2O2S/c1-10-3-8-14(20-2)13(9-10)16(19)18-12-6-4-11(5-7-12)15(17)21/h3-9H,1-2H3,(H2,17,21)(H,18,19). The highest BCUT2D eigenvalue weighted by Gasteiger charge is 2.12. The zero-order chi connectivity index (χ0) is 15.4. The number of rotatable bonds is 4. The van der Waals surface area contributed by atoms with Crippen LogP contribution in [0.5, 0.6) is 5.75 Å². The van der Waals surface area contributed by atoms with Crippen LogP contribution in [0.4, 0.5) is 5.69 Å². The number of thiocarbonyl (C=S) groups is 1. The number of hydrogen-bond acceptors (Lipinski definition) is 3. The van der Waals surface area contributed by atoms with Gasteiger partial charge in [-0.25, -0.2) is 0 Å². The van der Waals surface area contributed by atoms with Crippen LogP contribution in [0.25, 0.3) is 0 Å². The van der Waals surface area contributed by atoms with E-state index in [1.54, 1.807) is 43.5 Å². The lowest BCUT2D eigenvalue weighted by molar-refractivity contribution is 0.102. The molecule has 5 heteroatoms. The molecule has 0 saturated heterocycles. The number of methoxy groups -OCH3 is 1. The van der Waals surface area contributed by atoms with Gasteiger partial charge in [0.25, 0.3) is 5.91 Å². The van der Waals surface area contributed by atoms with E-state index in [9.17, 15) is 4.79 Å². The molecular weight excluding hydrogens is 284 g/mol. The number of benzene rings is 2. The fraction of sp³-hybridized carbons (Fsp3) is 0.125. The summed E-state index contributed by atoms with van der Waals surface area (Å²) in [4.78, 5) is 12.7. The number of amides is 1. The zero-order valence-corrected chi connectivity index (χ0v) is 12.7. The Hall–Kier alpha value is -2.40. The highest BCUT2D eigenvalue weighted by molar-refractivity contribution is 7.80. The number of anilines is 1. The van der Waals surface area contributed by atoms with Crippen molar-refractivity contribution >= 4 is 28.8 Å². The molecular formula is C16H16N2O2S. The maximum atomic E-state index is 12.3. The molecule has 0 aliphatic carbocycles. The van der Waals surface area contributed by atoms with Crippen molar-refractivity contribution in [3.8, 4) is 5.75 Å². The van der Waals surface area contributed by atoms with Crippen LogP contribution in [0.3, 0.4) is 0 Å². The molecule has 3 N–H and O–H groups in total. The molecule has 2 rings (SSSR count).